The molecule has 0 aliphatic carbocycles. The molecule has 1 aromatic carbocycles. The molecule has 1 fully saturated rings. The van der Waals surface area contributed by atoms with Crippen molar-refractivity contribution in [3.8, 4) is 5.75 Å². The SMILES string of the molecule is COc1ccc(CC(C)(CN)N2CC(C)CCC2C)cc1. The monoisotopic (exact) mass is 290 g/mol. The van der Waals surface area contributed by atoms with Gasteiger partial charge in [0, 0.05) is 24.7 Å². The van der Waals surface area contributed by atoms with Gasteiger partial charge in [-0.3, -0.25) is 4.90 Å². The summed E-state index contributed by atoms with van der Waals surface area (Å²) in [6.45, 7) is 8.85. The van der Waals surface area contributed by atoms with Crippen molar-refractivity contribution in [2.45, 2.75) is 51.6 Å². The molecule has 0 radical (unpaired) electrons. The first-order chi connectivity index (χ1) is 9.98. The molecule has 0 aromatic heterocycles. The van der Waals surface area contributed by atoms with Crippen LogP contribution in [0, 0.1) is 5.92 Å². The smallest absolute Gasteiger partial charge is 0.118 e. The number of nitrogens with zero attached hydrogens (tertiary/aromatic N) is 1. The number of likely N-dealkylation sites (tertiary alicyclic amines) is 1. The fraction of sp³-hybridized carbons (Fsp3) is 0.667. The average molecular weight is 290 g/mol. The Morgan fingerprint density at radius 2 is 1.90 bits per heavy atom. The first-order valence-electron chi connectivity index (χ1n) is 8.08. The summed E-state index contributed by atoms with van der Waals surface area (Å²) in [6.07, 6.45) is 3.60. The molecule has 1 aliphatic heterocycles. The van der Waals surface area contributed by atoms with Crippen molar-refractivity contribution in [3.63, 3.8) is 0 Å². The third kappa shape index (κ3) is 3.78. The zero-order valence-corrected chi connectivity index (χ0v) is 13.9. The lowest BCUT2D eigenvalue weighted by Crippen LogP contribution is -2.59. The first-order valence-corrected chi connectivity index (χ1v) is 8.08. The number of piperidine rings is 1. The Hall–Kier alpha value is -1.06. The van der Waals surface area contributed by atoms with Crippen LogP contribution in [-0.4, -0.2) is 36.7 Å². The van der Waals surface area contributed by atoms with Crippen molar-refractivity contribution >= 4 is 0 Å². The Kier molecular flexibility index (Phi) is 5.28. The lowest BCUT2D eigenvalue weighted by molar-refractivity contribution is 0.0210. The van der Waals surface area contributed by atoms with Crippen molar-refractivity contribution in [1.29, 1.82) is 0 Å². The average Bonchev–Trinajstić information content (AvgIpc) is 2.50. The Morgan fingerprint density at radius 3 is 2.48 bits per heavy atom. The zero-order valence-electron chi connectivity index (χ0n) is 13.9. The molecule has 21 heavy (non-hydrogen) atoms. The van der Waals surface area contributed by atoms with Gasteiger partial charge in [-0.15, -0.1) is 0 Å². The van der Waals surface area contributed by atoms with E-state index in [-0.39, 0.29) is 5.54 Å². The van der Waals surface area contributed by atoms with Crippen molar-refractivity contribution in [2.75, 3.05) is 20.2 Å². The van der Waals surface area contributed by atoms with Crippen LogP contribution in [0.3, 0.4) is 0 Å². The molecular formula is C18H30N2O. The number of methoxy groups -OCH3 is 1. The van der Waals surface area contributed by atoms with Gasteiger partial charge >= 0.3 is 0 Å². The largest absolute Gasteiger partial charge is 0.497 e. The molecule has 2 rings (SSSR count). The molecule has 3 atom stereocenters. The van der Waals surface area contributed by atoms with Crippen LogP contribution < -0.4 is 10.5 Å². The molecule has 0 bridgehead atoms. The molecule has 1 saturated heterocycles. The van der Waals surface area contributed by atoms with Crippen LogP contribution in [0.1, 0.15) is 39.2 Å². The Bertz CT molecular complexity index is 445. The highest BCUT2D eigenvalue weighted by atomic mass is 16.5. The summed E-state index contributed by atoms with van der Waals surface area (Å²) in [5.74, 6) is 1.68. The predicted molar refractivity (Wildman–Crippen MR) is 88.7 cm³/mol. The summed E-state index contributed by atoms with van der Waals surface area (Å²) in [6, 6.07) is 9.01. The molecule has 0 amide bonds. The highest BCUT2D eigenvalue weighted by Crippen LogP contribution is 2.30. The molecule has 3 heteroatoms. The van der Waals surface area contributed by atoms with Crippen molar-refractivity contribution in [2.24, 2.45) is 11.7 Å². The molecule has 3 nitrogen and oxygen atoms in total. The molecule has 3 unspecified atom stereocenters. The van der Waals surface area contributed by atoms with E-state index in [1.807, 2.05) is 12.1 Å². The minimum Gasteiger partial charge on any atom is -0.497 e. The lowest BCUT2D eigenvalue weighted by Gasteiger charge is -2.48. The first kappa shape index (κ1) is 16.3. The Morgan fingerprint density at radius 1 is 1.24 bits per heavy atom. The van der Waals surface area contributed by atoms with Crippen molar-refractivity contribution < 1.29 is 4.74 Å². The summed E-state index contributed by atoms with van der Waals surface area (Å²) in [5.41, 5.74) is 7.54. The van der Waals surface area contributed by atoms with Crippen molar-refractivity contribution in [3.05, 3.63) is 29.8 Å². The minimum absolute atomic E-state index is 0.0304. The van der Waals surface area contributed by atoms with Crippen LogP contribution in [-0.2, 0) is 6.42 Å². The highest BCUT2D eigenvalue weighted by molar-refractivity contribution is 5.28. The van der Waals surface area contributed by atoms with Gasteiger partial charge in [0.15, 0.2) is 0 Å². The van der Waals surface area contributed by atoms with E-state index < -0.39 is 0 Å². The standard InChI is InChI=1S/C18H30N2O/c1-14-5-6-15(2)20(12-14)18(3,13-19)11-16-7-9-17(21-4)10-8-16/h7-10,14-15H,5-6,11-13,19H2,1-4H3. The van der Waals surface area contributed by atoms with Gasteiger partial charge in [-0.05, 0) is 56.7 Å². The Balaban J connectivity index is 2.15. The third-order valence-electron chi connectivity index (χ3n) is 4.99. The van der Waals surface area contributed by atoms with Gasteiger partial charge in [-0.2, -0.15) is 0 Å². The second kappa shape index (κ2) is 6.80. The minimum atomic E-state index is 0.0304. The second-order valence-corrected chi connectivity index (χ2v) is 6.91. The number of ether oxygens (including phenoxy) is 1. The molecule has 0 saturated carbocycles. The Labute approximate surface area is 129 Å². The fourth-order valence-electron chi connectivity index (χ4n) is 3.52. The van der Waals surface area contributed by atoms with Gasteiger partial charge in [0.05, 0.1) is 7.11 Å². The van der Waals surface area contributed by atoms with Crippen LogP contribution >= 0.6 is 0 Å². The summed E-state index contributed by atoms with van der Waals surface area (Å²) in [7, 11) is 1.70. The van der Waals surface area contributed by atoms with E-state index in [0.717, 1.165) is 24.6 Å². The fourth-order valence-corrected chi connectivity index (χ4v) is 3.52. The van der Waals surface area contributed by atoms with E-state index in [2.05, 4.69) is 37.8 Å². The van der Waals surface area contributed by atoms with Crippen LogP contribution in [0.15, 0.2) is 24.3 Å². The van der Waals surface area contributed by atoms with Gasteiger partial charge in [0.25, 0.3) is 0 Å². The quantitative estimate of drug-likeness (QED) is 0.905. The number of rotatable bonds is 5. The highest BCUT2D eigenvalue weighted by Gasteiger charge is 2.36. The summed E-state index contributed by atoms with van der Waals surface area (Å²) in [4.78, 5) is 2.63. The number of nitrogens with two attached hydrogens (primary N) is 1. The molecule has 1 heterocycles. The van der Waals surface area contributed by atoms with Crippen LogP contribution in [0.5, 0.6) is 5.75 Å². The molecule has 1 aromatic rings. The van der Waals surface area contributed by atoms with E-state index in [9.17, 15) is 0 Å². The number of benzene rings is 1. The second-order valence-electron chi connectivity index (χ2n) is 6.91. The molecule has 118 valence electrons. The predicted octanol–water partition coefficient (Wildman–Crippen LogP) is 3.08. The molecular weight excluding hydrogens is 260 g/mol. The van der Waals surface area contributed by atoms with E-state index >= 15 is 0 Å². The maximum absolute atomic E-state index is 6.18. The summed E-state index contributed by atoms with van der Waals surface area (Å²) < 4.78 is 5.24. The van der Waals surface area contributed by atoms with Gasteiger partial charge in [0.2, 0.25) is 0 Å². The van der Waals surface area contributed by atoms with E-state index in [4.69, 9.17) is 10.5 Å². The van der Waals surface area contributed by atoms with Gasteiger partial charge in [-0.1, -0.05) is 19.1 Å². The van der Waals surface area contributed by atoms with E-state index in [1.54, 1.807) is 7.11 Å². The van der Waals surface area contributed by atoms with E-state index in [1.165, 1.54) is 18.4 Å². The normalized spacial score (nSPS) is 26.3. The summed E-state index contributed by atoms with van der Waals surface area (Å²) in [5, 5.41) is 0. The van der Waals surface area contributed by atoms with Gasteiger partial charge in [0.1, 0.15) is 5.75 Å². The van der Waals surface area contributed by atoms with E-state index in [0.29, 0.717) is 12.6 Å². The van der Waals surface area contributed by atoms with Crippen molar-refractivity contribution in [1.82, 2.24) is 4.90 Å². The maximum Gasteiger partial charge on any atom is 0.118 e. The van der Waals surface area contributed by atoms with Crippen LogP contribution in [0.25, 0.3) is 0 Å². The maximum atomic E-state index is 6.18. The lowest BCUT2D eigenvalue weighted by atomic mass is 9.84. The van der Waals surface area contributed by atoms with Crippen LogP contribution in [0.4, 0.5) is 0 Å². The third-order valence-corrected chi connectivity index (χ3v) is 4.99. The molecule has 1 aliphatic rings. The molecule has 0 spiro atoms. The van der Waals surface area contributed by atoms with Gasteiger partial charge < -0.3 is 10.5 Å². The zero-order chi connectivity index (χ0) is 15.5. The van der Waals surface area contributed by atoms with Crippen LogP contribution in [0.2, 0.25) is 0 Å². The topological polar surface area (TPSA) is 38.5 Å². The summed E-state index contributed by atoms with van der Waals surface area (Å²) >= 11 is 0. The molecule has 2 N–H and O–H groups in total. The number of hydrogen-bond acceptors (Lipinski definition) is 3. The number of hydrogen-bond donors (Lipinski definition) is 1. The van der Waals surface area contributed by atoms with Gasteiger partial charge in [-0.25, -0.2) is 0 Å².